The number of fused-ring (bicyclic) bond motifs is 1. The van der Waals surface area contributed by atoms with Gasteiger partial charge in [0.25, 0.3) is 0 Å². The van der Waals surface area contributed by atoms with E-state index in [0.717, 1.165) is 23.8 Å². The van der Waals surface area contributed by atoms with E-state index in [9.17, 15) is 0 Å². The summed E-state index contributed by atoms with van der Waals surface area (Å²) in [6, 6.07) is 1.46. The highest BCUT2D eigenvalue weighted by Gasteiger charge is 2.41. The lowest BCUT2D eigenvalue weighted by Gasteiger charge is -2.44. The van der Waals surface area contributed by atoms with E-state index in [1.807, 2.05) is 0 Å². The highest BCUT2D eigenvalue weighted by atomic mass is 15.3. The third kappa shape index (κ3) is 2.95. The molecule has 1 N–H and O–H groups in total. The number of hydrogen-bond donors (Lipinski definition) is 1. The molecule has 0 radical (unpaired) electrons. The molecule has 0 aromatic rings. The van der Waals surface area contributed by atoms with Gasteiger partial charge >= 0.3 is 0 Å². The minimum absolute atomic E-state index is 0.702. The number of allylic oxidation sites excluding steroid dienone is 1. The van der Waals surface area contributed by atoms with Crippen molar-refractivity contribution in [3.63, 3.8) is 0 Å². The van der Waals surface area contributed by atoms with Crippen molar-refractivity contribution in [2.75, 3.05) is 39.8 Å². The van der Waals surface area contributed by atoms with Gasteiger partial charge in [-0.2, -0.15) is 0 Å². The molecule has 2 fully saturated rings. The van der Waals surface area contributed by atoms with Crippen LogP contribution < -0.4 is 5.32 Å². The lowest BCUT2D eigenvalue weighted by atomic mass is 9.71. The molecule has 2 aliphatic carbocycles. The molecule has 0 aromatic carbocycles. The van der Waals surface area contributed by atoms with Crippen molar-refractivity contribution >= 4 is 0 Å². The van der Waals surface area contributed by atoms with Gasteiger partial charge in [0.1, 0.15) is 0 Å². The smallest absolute Gasteiger partial charge is 0.0244 e. The fraction of sp³-hybridized carbons (Fsp3) is 0.882. The van der Waals surface area contributed by atoms with Crippen LogP contribution in [0.4, 0.5) is 0 Å². The molecule has 3 rings (SSSR count). The maximum atomic E-state index is 3.87. The summed E-state index contributed by atoms with van der Waals surface area (Å²) in [4.78, 5) is 5.15. The Balaban J connectivity index is 1.49. The van der Waals surface area contributed by atoms with Crippen LogP contribution in [0.25, 0.3) is 0 Å². The van der Waals surface area contributed by atoms with Gasteiger partial charge in [-0.25, -0.2) is 0 Å². The Morgan fingerprint density at radius 2 is 1.95 bits per heavy atom. The van der Waals surface area contributed by atoms with Crippen molar-refractivity contribution in [3.05, 3.63) is 12.2 Å². The van der Waals surface area contributed by atoms with Crippen molar-refractivity contribution < 1.29 is 0 Å². The van der Waals surface area contributed by atoms with Crippen molar-refractivity contribution in [1.82, 2.24) is 15.1 Å². The van der Waals surface area contributed by atoms with Crippen LogP contribution in [0.3, 0.4) is 0 Å². The first-order valence-electron chi connectivity index (χ1n) is 8.48. The minimum atomic E-state index is 0.702. The zero-order chi connectivity index (χ0) is 14.1. The van der Waals surface area contributed by atoms with Crippen molar-refractivity contribution in [2.24, 2.45) is 17.8 Å². The Labute approximate surface area is 124 Å². The molecule has 0 aromatic heterocycles. The van der Waals surface area contributed by atoms with Gasteiger partial charge in [-0.15, -0.1) is 0 Å². The summed E-state index contributed by atoms with van der Waals surface area (Å²) in [6.45, 7) is 10.8. The van der Waals surface area contributed by atoms with E-state index in [2.05, 4.69) is 48.2 Å². The third-order valence-corrected chi connectivity index (χ3v) is 5.73. The average molecular weight is 277 g/mol. The molecule has 1 heterocycles. The molecule has 1 aliphatic heterocycles. The summed E-state index contributed by atoms with van der Waals surface area (Å²) in [5.74, 6) is 2.55. The van der Waals surface area contributed by atoms with E-state index < -0.39 is 0 Å². The highest BCUT2D eigenvalue weighted by Crippen LogP contribution is 2.42. The topological polar surface area (TPSA) is 18.5 Å². The van der Waals surface area contributed by atoms with Crippen molar-refractivity contribution in [1.29, 1.82) is 0 Å². The molecule has 0 bridgehead atoms. The molecular formula is C17H31N3. The fourth-order valence-electron chi connectivity index (χ4n) is 4.16. The zero-order valence-electron chi connectivity index (χ0n) is 13.4. The molecule has 20 heavy (non-hydrogen) atoms. The maximum Gasteiger partial charge on any atom is 0.0244 e. The SMILES string of the molecule is CC(C)C(CNC1CC2CC=CC21)N1CCN(C)CC1. The van der Waals surface area contributed by atoms with Crippen LogP contribution in [-0.2, 0) is 0 Å². The number of rotatable bonds is 5. The van der Waals surface area contributed by atoms with Crippen LogP contribution in [0, 0.1) is 17.8 Å². The summed E-state index contributed by atoms with van der Waals surface area (Å²) in [6.07, 6.45) is 7.56. The minimum Gasteiger partial charge on any atom is -0.312 e. The highest BCUT2D eigenvalue weighted by molar-refractivity contribution is 5.13. The quantitative estimate of drug-likeness (QED) is 0.773. The van der Waals surface area contributed by atoms with Crippen LogP contribution in [0.2, 0.25) is 0 Å². The Hall–Kier alpha value is -0.380. The molecule has 4 atom stereocenters. The Bertz CT molecular complexity index is 344. The van der Waals surface area contributed by atoms with Gasteiger partial charge in [-0.3, -0.25) is 4.90 Å². The van der Waals surface area contributed by atoms with E-state index in [0.29, 0.717) is 6.04 Å². The normalized spacial score (nSPS) is 36.1. The van der Waals surface area contributed by atoms with E-state index >= 15 is 0 Å². The summed E-state index contributed by atoms with van der Waals surface area (Å²) in [5.41, 5.74) is 0. The summed E-state index contributed by atoms with van der Waals surface area (Å²) >= 11 is 0. The van der Waals surface area contributed by atoms with Gasteiger partial charge in [0, 0.05) is 44.8 Å². The van der Waals surface area contributed by atoms with E-state index in [1.54, 1.807) is 0 Å². The van der Waals surface area contributed by atoms with Gasteiger partial charge in [-0.1, -0.05) is 26.0 Å². The lowest BCUT2D eigenvalue weighted by Crippen LogP contribution is -2.57. The van der Waals surface area contributed by atoms with Gasteiger partial charge in [0.15, 0.2) is 0 Å². The van der Waals surface area contributed by atoms with E-state index in [-0.39, 0.29) is 0 Å². The summed E-state index contributed by atoms with van der Waals surface area (Å²) in [7, 11) is 2.24. The average Bonchev–Trinajstić information content (AvgIpc) is 2.77. The first-order chi connectivity index (χ1) is 9.65. The molecule has 0 amide bonds. The van der Waals surface area contributed by atoms with Crippen molar-refractivity contribution in [2.45, 2.75) is 38.8 Å². The summed E-state index contributed by atoms with van der Waals surface area (Å²) in [5, 5.41) is 3.87. The number of piperazine rings is 1. The largest absolute Gasteiger partial charge is 0.312 e. The van der Waals surface area contributed by atoms with Crippen LogP contribution in [-0.4, -0.2) is 61.7 Å². The standard InChI is InChI=1S/C17H31N3/c1-13(2)17(20-9-7-19(3)8-10-20)12-18-16-11-14-5-4-6-15(14)16/h4,6,13-18H,5,7-12H2,1-3H3. The second-order valence-corrected chi connectivity index (χ2v) is 7.40. The lowest BCUT2D eigenvalue weighted by molar-refractivity contribution is 0.0759. The fourth-order valence-corrected chi connectivity index (χ4v) is 4.16. The number of hydrogen-bond acceptors (Lipinski definition) is 3. The monoisotopic (exact) mass is 277 g/mol. The Kier molecular flexibility index (Phi) is 4.49. The predicted molar refractivity (Wildman–Crippen MR) is 84.8 cm³/mol. The molecule has 3 aliphatic rings. The molecule has 1 saturated carbocycles. The molecular weight excluding hydrogens is 246 g/mol. The van der Waals surface area contributed by atoms with E-state index in [4.69, 9.17) is 0 Å². The second kappa shape index (κ2) is 6.17. The molecule has 1 saturated heterocycles. The van der Waals surface area contributed by atoms with Crippen LogP contribution >= 0.6 is 0 Å². The maximum absolute atomic E-state index is 3.87. The number of likely N-dealkylation sites (N-methyl/N-ethyl adjacent to an activating group) is 1. The first-order valence-corrected chi connectivity index (χ1v) is 8.48. The molecule has 4 unspecified atom stereocenters. The number of nitrogens with zero attached hydrogens (tertiary/aromatic N) is 2. The van der Waals surface area contributed by atoms with E-state index in [1.165, 1.54) is 45.6 Å². The van der Waals surface area contributed by atoms with Crippen LogP contribution in [0.1, 0.15) is 26.7 Å². The Morgan fingerprint density at radius 1 is 1.20 bits per heavy atom. The molecule has 0 spiro atoms. The molecule has 3 heteroatoms. The number of nitrogens with one attached hydrogen (secondary N) is 1. The van der Waals surface area contributed by atoms with Crippen molar-refractivity contribution in [3.8, 4) is 0 Å². The molecule has 3 nitrogen and oxygen atoms in total. The Morgan fingerprint density at radius 3 is 2.60 bits per heavy atom. The predicted octanol–water partition coefficient (Wildman–Crippen LogP) is 1.81. The summed E-state index contributed by atoms with van der Waals surface area (Å²) < 4.78 is 0. The van der Waals surface area contributed by atoms with Crippen LogP contribution in [0.5, 0.6) is 0 Å². The van der Waals surface area contributed by atoms with Gasteiger partial charge in [-0.05, 0) is 37.6 Å². The van der Waals surface area contributed by atoms with Gasteiger partial charge in [0.05, 0.1) is 0 Å². The zero-order valence-corrected chi connectivity index (χ0v) is 13.4. The molecule has 114 valence electrons. The van der Waals surface area contributed by atoms with Crippen LogP contribution in [0.15, 0.2) is 12.2 Å². The van der Waals surface area contributed by atoms with Gasteiger partial charge < -0.3 is 10.2 Å². The first kappa shape index (κ1) is 14.6. The second-order valence-electron chi connectivity index (χ2n) is 7.40. The van der Waals surface area contributed by atoms with Gasteiger partial charge in [0.2, 0.25) is 0 Å². The third-order valence-electron chi connectivity index (χ3n) is 5.73.